The van der Waals surface area contributed by atoms with Crippen molar-refractivity contribution in [3.8, 4) is 17.1 Å². The second-order valence-electron chi connectivity index (χ2n) is 8.93. The van der Waals surface area contributed by atoms with Gasteiger partial charge in [0, 0.05) is 31.4 Å². The summed E-state index contributed by atoms with van der Waals surface area (Å²) >= 11 is 6.09. The molecule has 0 spiro atoms. The molecule has 11 heteroatoms. The van der Waals surface area contributed by atoms with Crippen molar-refractivity contribution >= 4 is 34.4 Å². The van der Waals surface area contributed by atoms with Gasteiger partial charge in [-0.05, 0) is 32.9 Å². The second kappa shape index (κ2) is 9.55. The lowest BCUT2D eigenvalue weighted by Gasteiger charge is -2.41. The summed E-state index contributed by atoms with van der Waals surface area (Å²) in [5.41, 5.74) is 0.678. The molecule has 10 nitrogen and oxygen atoms in total. The van der Waals surface area contributed by atoms with Crippen LogP contribution in [0.25, 0.3) is 22.3 Å². The van der Waals surface area contributed by atoms with Crippen LogP contribution in [0.1, 0.15) is 20.8 Å². The lowest BCUT2D eigenvalue weighted by Crippen LogP contribution is -2.57. The van der Waals surface area contributed by atoms with Gasteiger partial charge in [-0.25, -0.2) is 19.7 Å². The third-order valence-corrected chi connectivity index (χ3v) is 5.59. The molecule has 0 aromatic carbocycles. The van der Waals surface area contributed by atoms with E-state index < -0.39 is 17.7 Å². The molecule has 0 saturated carbocycles. The number of nitrogens with zero attached hydrogens (tertiary/aromatic N) is 6. The zero-order valence-corrected chi connectivity index (χ0v) is 20.3. The number of amides is 1. The van der Waals surface area contributed by atoms with E-state index in [9.17, 15) is 9.90 Å². The highest BCUT2D eigenvalue weighted by Gasteiger charge is 2.34. The maximum atomic E-state index is 12.7. The Balaban J connectivity index is 1.75. The number of hydrogen-bond donors (Lipinski definition) is 1. The van der Waals surface area contributed by atoms with Gasteiger partial charge < -0.3 is 19.5 Å². The summed E-state index contributed by atoms with van der Waals surface area (Å²) in [6.45, 7) is 6.41. The number of halogens is 1. The highest BCUT2D eigenvalue weighted by atomic mass is 35.5. The normalized spacial score (nSPS) is 16.6. The molecule has 0 unspecified atom stereocenters. The van der Waals surface area contributed by atoms with E-state index in [0.717, 1.165) is 0 Å². The molecule has 0 bridgehead atoms. The van der Waals surface area contributed by atoms with Crippen molar-refractivity contribution in [2.24, 2.45) is 0 Å². The van der Waals surface area contributed by atoms with E-state index in [1.165, 1.54) is 0 Å². The van der Waals surface area contributed by atoms with Gasteiger partial charge in [0.1, 0.15) is 22.3 Å². The standard InChI is InChI=1S/C23H27ClN6O4/c1-23(2,3)34-22(32)30-8-7-29(12-15(30)13-31)21-19-16(10-25-11-17(19)33-4)27-20(28-21)14-5-6-26-18(24)9-14/h5-6,9-11,15,31H,7-8,12-13H2,1-4H3/t15-/m1/s1. The lowest BCUT2D eigenvalue weighted by atomic mass is 10.1. The Labute approximate surface area is 202 Å². The first kappa shape index (κ1) is 23.9. The van der Waals surface area contributed by atoms with Crippen molar-refractivity contribution in [2.45, 2.75) is 32.4 Å². The molecule has 0 radical (unpaired) electrons. The number of fused-ring (bicyclic) bond motifs is 1. The zero-order valence-electron chi connectivity index (χ0n) is 19.5. The second-order valence-corrected chi connectivity index (χ2v) is 9.32. The van der Waals surface area contributed by atoms with Crippen LogP contribution in [0.15, 0.2) is 30.7 Å². The zero-order chi connectivity index (χ0) is 24.5. The Morgan fingerprint density at radius 1 is 1.26 bits per heavy atom. The first-order chi connectivity index (χ1) is 16.2. The molecule has 4 rings (SSSR count). The molecule has 1 amide bonds. The SMILES string of the molecule is COc1cncc2nc(-c3ccnc(Cl)c3)nc(N3CCN(C(=O)OC(C)(C)C)[C@@H](CO)C3)c12. The predicted molar refractivity (Wildman–Crippen MR) is 128 cm³/mol. The average molecular weight is 487 g/mol. The van der Waals surface area contributed by atoms with Crippen molar-refractivity contribution in [3.05, 3.63) is 35.9 Å². The predicted octanol–water partition coefficient (Wildman–Crippen LogP) is 3.17. The lowest BCUT2D eigenvalue weighted by molar-refractivity contribution is 0.00701. The van der Waals surface area contributed by atoms with Gasteiger partial charge in [0.25, 0.3) is 0 Å². The van der Waals surface area contributed by atoms with E-state index in [1.807, 2.05) is 25.7 Å². The van der Waals surface area contributed by atoms with E-state index in [1.54, 1.807) is 42.7 Å². The van der Waals surface area contributed by atoms with E-state index in [-0.39, 0.29) is 6.61 Å². The van der Waals surface area contributed by atoms with Gasteiger partial charge in [0.15, 0.2) is 5.82 Å². The molecular formula is C23H27ClN6O4. The minimum atomic E-state index is -0.627. The van der Waals surface area contributed by atoms with Crippen molar-refractivity contribution in [3.63, 3.8) is 0 Å². The summed E-state index contributed by atoms with van der Waals surface area (Å²) in [5.74, 6) is 1.60. The Hall–Kier alpha value is -3.24. The number of anilines is 1. The van der Waals surface area contributed by atoms with Crippen LogP contribution in [0.3, 0.4) is 0 Å². The van der Waals surface area contributed by atoms with Crippen molar-refractivity contribution < 1.29 is 19.4 Å². The molecule has 1 N–H and O–H groups in total. The summed E-state index contributed by atoms with van der Waals surface area (Å²) in [6.07, 6.45) is 4.40. The molecule has 1 saturated heterocycles. The van der Waals surface area contributed by atoms with Crippen LogP contribution in [0.5, 0.6) is 5.75 Å². The van der Waals surface area contributed by atoms with Crippen LogP contribution < -0.4 is 9.64 Å². The number of piperazine rings is 1. The highest BCUT2D eigenvalue weighted by Crippen LogP contribution is 2.35. The van der Waals surface area contributed by atoms with E-state index in [0.29, 0.717) is 58.6 Å². The number of carbonyl (C=O) groups excluding carboxylic acids is 1. The van der Waals surface area contributed by atoms with Crippen LogP contribution >= 0.6 is 11.6 Å². The van der Waals surface area contributed by atoms with Crippen LogP contribution in [-0.4, -0.2) is 81.0 Å². The van der Waals surface area contributed by atoms with Gasteiger partial charge >= 0.3 is 6.09 Å². The molecule has 0 aliphatic carbocycles. The number of rotatable bonds is 4. The third kappa shape index (κ3) is 4.97. The molecule has 3 aromatic heterocycles. The maximum absolute atomic E-state index is 12.7. The highest BCUT2D eigenvalue weighted by molar-refractivity contribution is 6.29. The molecule has 3 aromatic rings. The van der Waals surface area contributed by atoms with E-state index in [4.69, 9.17) is 26.1 Å². The number of hydrogen-bond acceptors (Lipinski definition) is 9. The average Bonchev–Trinajstić information content (AvgIpc) is 2.81. The van der Waals surface area contributed by atoms with Crippen molar-refractivity contribution in [2.75, 3.05) is 38.3 Å². The van der Waals surface area contributed by atoms with Gasteiger partial charge in [0.05, 0.1) is 43.1 Å². The van der Waals surface area contributed by atoms with Gasteiger partial charge in [-0.1, -0.05) is 11.6 Å². The van der Waals surface area contributed by atoms with Crippen molar-refractivity contribution in [1.82, 2.24) is 24.8 Å². The number of aliphatic hydroxyl groups excluding tert-OH is 1. The van der Waals surface area contributed by atoms with Gasteiger partial charge in [-0.3, -0.25) is 9.88 Å². The van der Waals surface area contributed by atoms with Gasteiger partial charge in [-0.2, -0.15) is 0 Å². The minimum Gasteiger partial charge on any atom is -0.494 e. The number of aliphatic hydroxyl groups is 1. The molecular weight excluding hydrogens is 460 g/mol. The maximum Gasteiger partial charge on any atom is 0.410 e. The quantitative estimate of drug-likeness (QED) is 0.555. The van der Waals surface area contributed by atoms with Crippen LogP contribution in [0, 0.1) is 0 Å². The molecule has 1 atom stereocenters. The number of aromatic nitrogens is 4. The number of pyridine rings is 2. The summed E-state index contributed by atoms with van der Waals surface area (Å²) in [4.78, 5) is 34.1. The summed E-state index contributed by atoms with van der Waals surface area (Å²) in [7, 11) is 1.56. The van der Waals surface area contributed by atoms with E-state index in [2.05, 4.69) is 15.0 Å². The fraction of sp³-hybridized carbons (Fsp3) is 0.435. The minimum absolute atomic E-state index is 0.218. The molecule has 4 heterocycles. The fourth-order valence-corrected chi connectivity index (χ4v) is 4.03. The summed E-state index contributed by atoms with van der Waals surface area (Å²) in [6, 6.07) is 3.00. The van der Waals surface area contributed by atoms with Gasteiger partial charge in [-0.15, -0.1) is 0 Å². The van der Waals surface area contributed by atoms with Crippen LogP contribution in [0.2, 0.25) is 5.15 Å². The third-order valence-electron chi connectivity index (χ3n) is 5.38. The van der Waals surface area contributed by atoms with Gasteiger partial charge in [0.2, 0.25) is 0 Å². The molecule has 180 valence electrons. The molecule has 34 heavy (non-hydrogen) atoms. The van der Waals surface area contributed by atoms with E-state index >= 15 is 0 Å². The Morgan fingerprint density at radius 3 is 2.74 bits per heavy atom. The smallest absolute Gasteiger partial charge is 0.410 e. The van der Waals surface area contributed by atoms with Crippen molar-refractivity contribution in [1.29, 1.82) is 0 Å². The fourth-order valence-electron chi connectivity index (χ4n) is 3.85. The number of carbonyl (C=O) groups is 1. The first-order valence-electron chi connectivity index (χ1n) is 10.9. The van der Waals surface area contributed by atoms with Crippen LogP contribution in [-0.2, 0) is 4.74 Å². The Morgan fingerprint density at radius 2 is 2.06 bits per heavy atom. The summed E-state index contributed by atoms with van der Waals surface area (Å²) in [5, 5.41) is 11.1. The first-order valence-corrected chi connectivity index (χ1v) is 11.2. The summed E-state index contributed by atoms with van der Waals surface area (Å²) < 4.78 is 11.1. The topological polar surface area (TPSA) is 114 Å². The molecule has 1 aliphatic rings. The molecule has 1 fully saturated rings. The number of methoxy groups -OCH3 is 1. The monoisotopic (exact) mass is 486 g/mol. The largest absolute Gasteiger partial charge is 0.494 e. The molecule has 1 aliphatic heterocycles. The Kier molecular flexibility index (Phi) is 6.72. The number of ether oxygens (including phenoxy) is 2. The van der Waals surface area contributed by atoms with Crippen LogP contribution in [0.4, 0.5) is 10.6 Å². The Bertz CT molecular complexity index is 1200.